The van der Waals surface area contributed by atoms with Gasteiger partial charge in [0.25, 0.3) is 5.91 Å². The van der Waals surface area contributed by atoms with Gasteiger partial charge in [-0.1, -0.05) is 12.1 Å². The molecule has 0 radical (unpaired) electrons. The van der Waals surface area contributed by atoms with E-state index in [1.807, 2.05) is 31.2 Å². The second-order valence-corrected chi connectivity index (χ2v) is 6.74. The van der Waals surface area contributed by atoms with Gasteiger partial charge in [0.05, 0.1) is 19.9 Å². The lowest BCUT2D eigenvalue weighted by molar-refractivity contribution is 0.0657. The van der Waals surface area contributed by atoms with E-state index in [0.29, 0.717) is 44.2 Å². The maximum Gasteiger partial charge on any atom is 0.411 e. The zero-order valence-electron chi connectivity index (χ0n) is 17.3. The summed E-state index contributed by atoms with van der Waals surface area (Å²) in [5, 5.41) is 5.94. The lowest BCUT2D eigenvalue weighted by Crippen LogP contribution is -2.53. The highest BCUT2D eigenvalue weighted by molar-refractivity contribution is 5.91. The number of furan rings is 1. The summed E-state index contributed by atoms with van der Waals surface area (Å²) in [5.74, 6) is 1.11. The molecule has 1 fully saturated rings. The van der Waals surface area contributed by atoms with E-state index in [-0.39, 0.29) is 5.91 Å². The number of carbonyl (C=O) groups is 2. The molecule has 9 nitrogen and oxygen atoms in total. The van der Waals surface area contributed by atoms with Crippen molar-refractivity contribution in [1.82, 2.24) is 15.1 Å². The van der Waals surface area contributed by atoms with Gasteiger partial charge < -0.3 is 24.3 Å². The Hall–Kier alpha value is -3.49. The van der Waals surface area contributed by atoms with E-state index in [2.05, 4.69) is 20.3 Å². The number of piperazine rings is 1. The van der Waals surface area contributed by atoms with E-state index in [9.17, 15) is 9.59 Å². The highest BCUT2D eigenvalue weighted by Crippen LogP contribution is 2.12. The molecule has 9 heteroatoms. The minimum Gasteiger partial charge on any atom is -0.459 e. The monoisotopic (exact) mass is 413 g/mol. The van der Waals surface area contributed by atoms with Crippen LogP contribution in [-0.2, 0) is 11.3 Å². The second-order valence-electron chi connectivity index (χ2n) is 6.74. The number of guanidine groups is 1. The number of hydrogen-bond donors (Lipinski definition) is 2. The summed E-state index contributed by atoms with van der Waals surface area (Å²) in [5.41, 5.74) is 1.69. The third-order valence-corrected chi connectivity index (χ3v) is 4.73. The number of rotatable bonds is 5. The largest absolute Gasteiger partial charge is 0.459 e. The summed E-state index contributed by atoms with van der Waals surface area (Å²) >= 11 is 0. The van der Waals surface area contributed by atoms with Crippen molar-refractivity contribution in [3.8, 4) is 0 Å². The fraction of sp³-hybridized carbons (Fsp3) is 0.381. The Labute approximate surface area is 175 Å². The van der Waals surface area contributed by atoms with Crippen LogP contribution in [0.15, 0.2) is 52.1 Å². The Bertz CT molecular complexity index is 856. The molecule has 0 saturated carbocycles. The van der Waals surface area contributed by atoms with Crippen molar-refractivity contribution < 1.29 is 18.7 Å². The fourth-order valence-corrected chi connectivity index (χ4v) is 3.13. The topological polar surface area (TPSA) is 99.4 Å². The Kier molecular flexibility index (Phi) is 7.31. The van der Waals surface area contributed by atoms with Crippen LogP contribution in [0.4, 0.5) is 10.5 Å². The van der Waals surface area contributed by atoms with Crippen molar-refractivity contribution in [2.45, 2.75) is 13.5 Å². The number of nitrogens with one attached hydrogen (secondary N) is 2. The van der Waals surface area contributed by atoms with Crippen molar-refractivity contribution in [3.05, 3.63) is 54.0 Å². The van der Waals surface area contributed by atoms with Crippen molar-refractivity contribution in [1.29, 1.82) is 0 Å². The van der Waals surface area contributed by atoms with Gasteiger partial charge in [0.1, 0.15) is 0 Å². The number of benzene rings is 1. The van der Waals surface area contributed by atoms with Crippen LogP contribution in [0.1, 0.15) is 23.0 Å². The predicted octanol–water partition coefficient (Wildman–Crippen LogP) is 2.38. The molecule has 2 amide bonds. The summed E-state index contributed by atoms with van der Waals surface area (Å²) in [4.78, 5) is 32.4. The molecular weight excluding hydrogens is 386 g/mol. The minimum absolute atomic E-state index is 0.0813. The molecule has 1 saturated heterocycles. The molecule has 0 atom stereocenters. The Morgan fingerprint density at radius 3 is 2.40 bits per heavy atom. The smallest absolute Gasteiger partial charge is 0.411 e. The Balaban J connectivity index is 1.57. The van der Waals surface area contributed by atoms with Crippen LogP contribution in [0.5, 0.6) is 0 Å². The van der Waals surface area contributed by atoms with Crippen LogP contribution in [0.3, 0.4) is 0 Å². The summed E-state index contributed by atoms with van der Waals surface area (Å²) in [7, 11) is 1.33. The molecule has 3 rings (SSSR count). The van der Waals surface area contributed by atoms with Gasteiger partial charge >= 0.3 is 6.09 Å². The fourth-order valence-electron chi connectivity index (χ4n) is 3.13. The highest BCUT2D eigenvalue weighted by Gasteiger charge is 2.25. The third-order valence-electron chi connectivity index (χ3n) is 4.73. The molecule has 160 valence electrons. The van der Waals surface area contributed by atoms with E-state index < -0.39 is 6.09 Å². The lowest BCUT2D eigenvalue weighted by atomic mass is 10.2. The third kappa shape index (κ3) is 5.53. The molecule has 0 aliphatic carbocycles. The molecule has 0 bridgehead atoms. The first-order valence-electron chi connectivity index (χ1n) is 9.90. The summed E-state index contributed by atoms with van der Waals surface area (Å²) in [6, 6.07) is 10.9. The molecule has 30 heavy (non-hydrogen) atoms. The van der Waals surface area contributed by atoms with Gasteiger partial charge in [-0.25, -0.2) is 9.79 Å². The van der Waals surface area contributed by atoms with E-state index in [4.69, 9.17) is 9.41 Å². The number of hydrogen-bond acceptors (Lipinski definition) is 5. The first-order chi connectivity index (χ1) is 14.6. The second kappa shape index (κ2) is 10.3. The van der Waals surface area contributed by atoms with Crippen LogP contribution in [0, 0.1) is 0 Å². The summed E-state index contributed by atoms with van der Waals surface area (Å²) < 4.78 is 9.80. The van der Waals surface area contributed by atoms with Gasteiger partial charge in [-0.3, -0.25) is 10.1 Å². The van der Waals surface area contributed by atoms with Crippen molar-refractivity contribution in [2.24, 2.45) is 4.99 Å². The first-order valence-corrected chi connectivity index (χ1v) is 9.90. The predicted molar refractivity (Wildman–Crippen MR) is 113 cm³/mol. The van der Waals surface area contributed by atoms with Crippen LogP contribution in [0.25, 0.3) is 0 Å². The maximum atomic E-state index is 12.4. The van der Waals surface area contributed by atoms with E-state index in [1.54, 1.807) is 17.0 Å². The van der Waals surface area contributed by atoms with Crippen molar-refractivity contribution >= 4 is 23.6 Å². The summed E-state index contributed by atoms with van der Waals surface area (Å²) in [6.07, 6.45) is 1.01. The zero-order valence-corrected chi connectivity index (χ0v) is 17.3. The van der Waals surface area contributed by atoms with E-state index in [1.165, 1.54) is 13.4 Å². The zero-order chi connectivity index (χ0) is 21.3. The normalized spacial score (nSPS) is 14.4. The molecule has 2 heterocycles. The van der Waals surface area contributed by atoms with Crippen molar-refractivity contribution in [3.63, 3.8) is 0 Å². The molecule has 1 aliphatic heterocycles. The number of carbonyl (C=O) groups excluding carboxylic acids is 2. The van der Waals surface area contributed by atoms with Gasteiger partial charge in [0.2, 0.25) is 0 Å². The number of amides is 2. The number of ether oxygens (including phenoxy) is 1. The van der Waals surface area contributed by atoms with Crippen LogP contribution in [-0.4, -0.2) is 67.6 Å². The Morgan fingerprint density at radius 2 is 1.80 bits per heavy atom. The van der Waals surface area contributed by atoms with Gasteiger partial charge in [0, 0.05) is 38.4 Å². The van der Waals surface area contributed by atoms with Crippen molar-refractivity contribution in [2.75, 3.05) is 45.2 Å². The van der Waals surface area contributed by atoms with Gasteiger partial charge in [-0.05, 0) is 36.8 Å². The van der Waals surface area contributed by atoms with Gasteiger partial charge in [-0.2, -0.15) is 0 Å². The molecule has 1 aromatic carbocycles. The molecule has 0 unspecified atom stereocenters. The molecule has 2 aromatic rings. The lowest BCUT2D eigenvalue weighted by Gasteiger charge is -2.36. The van der Waals surface area contributed by atoms with Crippen LogP contribution < -0.4 is 10.6 Å². The number of nitrogens with zero attached hydrogens (tertiary/aromatic N) is 3. The quantitative estimate of drug-likeness (QED) is 0.577. The number of anilines is 1. The summed E-state index contributed by atoms with van der Waals surface area (Å²) in [6.45, 7) is 5.90. The number of aliphatic imine (C=N–C) groups is 1. The van der Waals surface area contributed by atoms with E-state index in [0.717, 1.165) is 18.1 Å². The average molecular weight is 413 g/mol. The minimum atomic E-state index is -0.500. The van der Waals surface area contributed by atoms with Gasteiger partial charge in [0.15, 0.2) is 11.7 Å². The number of methoxy groups -OCH3 is 1. The molecule has 0 spiro atoms. The van der Waals surface area contributed by atoms with Crippen LogP contribution in [0.2, 0.25) is 0 Å². The standard InChI is InChI=1S/C21H27N5O4/c1-3-22-20(23-15-16-6-8-17(9-7-16)24-21(28)29-2)26-12-10-25(11-13-26)19(27)18-5-4-14-30-18/h4-9,14H,3,10-13,15H2,1-2H3,(H,22,23)(H,24,28). The molecule has 1 aromatic heterocycles. The van der Waals surface area contributed by atoms with Gasteiger partial charge in [-0.15, -0.1) is 0 Å². The molecule has 2 N–H and O–H groups in total. The highest BCUT2D eigenvalue weighted by atomic mass is 16.5. The molecule has 1 aliphatic rings. The average Bonchev–Trinajstić information content (AvgIpc) is 3.32. The Morgan fingerprint density at radius 1 is 1.10 bits per heavy atom. The van der Waals surface area contributed by atoms with Crippen LogP contribution >= 0.6 is 0 Å². The van der Waals surface area contributed by atoms with E-state index >= 15 is 0 Å². The molecular formula is C21H27N5O4. The maximum absolute atomic E-state index is 12.4. The SMILES string of the molecule is CCNC(=NCc1ccc(NC(=O)OC)cc1)N1CCN(C(=O)c2ccco2)CC1. The first kappa shape index (κ1) is 21.2.